The highest BCUT2D eigenvalue weighted by Gasteiger charge is 2.54. The summed E-state index contributed by atoms with van der Waals surface area (Å²) in [6.45, 7) is 8.26. The van der Waals surface area contributed by atoms with E-state index in [0.29, 0.717) is 62.8 Å². The Balaban J connectivity index is 0.00000541. The number of aromatic nitrogens is 1. The van der Waals surface area contributed by atoms with Crippen molar-refractivity contribution in [2.24, 2.45) is 0 Å². The normalized spacial score (nSPS) is 19.8. The van der Waals surface area contributed by atoms with Crippen molar-refractivity contribution >= 4 is 82.2 Å². The van der Waals surface area contributed by atoms with Crippen molar-refractivity contribution in [1.82, 2.24) is 10.2 Å². The quantitative estimate of drug-likeness (QED) is 0.109. The lowest BCUT2D eigenvalue weighted by Crippen LogP contribution is -2.70. The summed E-state index contributed by atoms with van der Waals surface area (Å²) >= 11 is 16.4. The first-order valence-electron chi connectivity index (χ1n) is 15.4. The van der Waals surface area contributed by atoms with Gasteiger partial charge in [0.15, 0.2) is 24.5 Å². The molecule has 1 aromatic heterocycles. The van der Waals surface area contributed by atoms with Gasteiger partial charge in [-0.2, -0.15) is 4.57 Å². The lowest BCUT2D eigenvalue weighted by atomic mass is 10.0. The van der Waals surface area contributed by atoms with Gasteiger partial charge in [0.2, 0.25) is 5.91 Å². The zero-order chi connectivity index (χ0) is 34.6. The van der Waals surface area contributed by atoms with Crippen LogP contribution in [-0.4, -0.2) is 111 Å². The number of aryl methyl sites for hydroxylation is 2. The molecule has 0 aliphatic carbocycles. The molecular formula is C33H42Cl2N4O7S3+2. The van der Waals surface area contributed by atoms with Gasteiger partial charge in [-0.15, -0.1) is 35.3 Å². The first-order valence-corrected chi connectivity index (χ1v) is 19.2. The highest BCUT2D eigenvalue weighted by Crippen LogP contribution is 2.42. The van der Waals surface area contributed by atoms with E-state index in [2.05, 4.69) is 22.0 Å². The minimum atomic E-state index is -1.16. The Labute approximate surface area is 309 Å². The molecule has 5 rings (SSSR count). The van der Waals surface area contributed by atoms with Crippen molar-refractivity contribution in [3.8, 4) is 0 Å². The highest BCUT2D eigenvalue weighted by atomic mass is 35.5. The monoisotopic (exact) mass is 772 g/mol. The van der Waals surface area contributed by atoms with E-state index in [1.165, 1.54) is 40.2 Å². The number of nitrogens with zero attached hydrogens (tertiary/aromatic N) is 3. The van der Waals surface area contributed by atoms with Crippen LogP contribution in [0.1, 0.15) is 25.2 Å². The van der Waals surface area contributed by atoms with Gasteiger partial charge >= 0.3 is 11.9 Å². The van der Waals surface area contributed by atoms with Crippen molar-refractivity contribution < 1.29 is 43.2 Å². The van der Waals surface area contributed by atoms with E-state index in [1.54, 1.807) is 18.2 Å². The molecule has 0 saturated carbocycles. The minimum absolute atomic E-state index is 0. The number of amides is 2. The molecule has 2 unspecified atom stereocenters. The van der Waals surface area contributed by atoms with Crippen LogP contribution in [0.5, 0.6) is 0 Å². The molecule has 0 radical (unpaired) electrons. The van der Waals surface area contributed by atoms with E-state index in [-0.39, 0.29) is 31.3 Å². The Morgan fingerprint density at radius 2 is 1.80 bits per heavy atom. The molecule has 4 heterocycles. The number of β-lactam (4-membered cyclic amide) rings is 1. The number of pyridine rings is 1. The van der Waals surface area contributed by atoms with Crippen molar-refractivity contribution in [2.75, 3.05) is 56.7 Å². The highest BCUT2D eigenvalue weighted by molar-refractivity contribution is 8.01. The standard InChI is InChI=1S/C32H36Cl2N4O7S3.CH4/c1-19-12-23(13-20(2)36(19)6-3-7-38(15-27(40)41)8-10-45-11-9-38)46-16-21-17-48-31-28(30(42)37(31)29(21)32(43)44)35-26(39)18-47-25-14-22(33)4-5-24(25)34;/h4-5,12-14,28,31H,3,6-11,15-18H2,1-2H3,(H-2,35,39,40,41,43,44);1H4/p+2. The van der Waals surface area contributed by atoms with Crippen LogP contribution in [0, 0.1) is 13.8 Å². The zero-order valence-corrected chi connectivity index (χ0v) is 30.5. The molecule has 1 aromatic carbocycles. The zero-order valence-electron chi connectivity index (χ0n) is 26.6. The van der Waals surface area contributed by atoms with Gasteiger partial charge in [0, 0.05) is 52.3 Å². The fourth-order valence-corrected chi connectivity index (χ4v) is 10.1. The fourth-order valence-electron chi connectivity index (χ4n) is 6.28. The smallest absolute Gasteiger partial charge is 0.359 e. The first-order chi connectivity index (χ1) is 22.9. The van der Waals surface area contributed by atoms with E-state index in [4.69, 9.17) is 27.9 Å². The van der Waals surface area contributed by atoms with Gasteiger partial charge < -0.3 is 24.7 Å². The molecule has 49 heavy (non-hydrogen) atoms. The van der Waals surface area contributed by atoms with Crippen LogP contribution in [0.25, 0.3) is 0 Å². The fraction of sp³-hybridized carbons (Fsp3) is 0.485. The molecule has 266 valence electrons. The average Bonchev–Trinajstić information content (AvgIpc) is 3.03. The maximum absolute atomic E-state index is 13.1. The average molecular weight is 774 g/mol. The van der Waals surface area contributed by atoms with Gasteiger partial charge in [0.25, 0.3) is 5.91 Å². The number of thioether (sulfide) groups is 3. The summed E-state index contributed by atoms with van der Waals surface area (Å²) in [5.41, 5.74) is 2.76. The van der Waals surface area contributed by atoms with Crippen LogP contribution >= 0.6 is 58.5 Å². The number of carbonyl (C=O) groups excluding carboxylic acids is 2. The summed E-state index contributed by atoms with van der Waals surface area (Å²) < 4.78 is 8.24. The number of hydrogen-bond acceptors (Lipinski definition) is 8. The Kier molecular flexibility index (Phi) is 13.8. The summed E-state index contributed by atoms with van der Waals surface area (Å²) in [6, 6.07) is 8.32. The molecule has 16 heteroatoms. The third kappa shape index (κ3) is 9.46. The molecule has 3 aliphatic rings. The molecule has 0 spiro atoms. The molecule has 2 fully saturated rings. The number of carboxylic acids is 2. The lowest BCUT2D eigenvalue weighted by Gasteiger charge is -2.49. The third-order valence-electron chi connectivity index (χ3n) is 8.69. The van der Waals surface area contributed by atoms with Gasteiger partial charge in [-0.25, -0.2) is 9.59 Å². The molecule has 11 nitrogen and oxygen atoms in total. The molecule has 2 amide bonds. The van der Waals surface area contributed by atoms with Crippen LogP contribution in [0.4, 0.5) is 0 Å². The summed E-state index contributed by atoms with van der Waals surface area (Å²) in [4.78, 5) is 52.7. The number of carboxylic acid groups (broad SMARTS) is 2. The molecule has 2 saturated heterocycles. The Morgan fingerprint density at radius 3 is 2.45 bits per heavy atom. The largest absolute Gasteiger partial charge is 0.477 e. The number of aliphatic carboxylic acids is 2. The second kappa shape index (κ2) is 17.2. The molecule has 2 aromatic rings. The molecule has 0 bridgehead atoms. The number of fused-ring (bicyclic) bond motifs is 1. The van der Waals surface area contributed by atoms with E-state index in [9.17, 15) is 29.4 Å². The van der Waals surface area contributed by atoms with E-state index in [1.807, 2.05) is 13.8 Å². The maximum atomic E-state index is 13.1. The minimum Gasteiger partial charge on any atom is -0.477 e. The molecule has 3 aliphatic heterocycles. The Morgan fingerprint density at radius 1 is 1.10 bits per heavy atom. The van der Waals surface area contributed by atoms with E-state index >= 15 is 0 Å². The van der Waals surface area contributed by atoms with Gasteiger partial charge in [-0.05, 0) is 23.8 Å². The topological polar surface area (TPSA) is 137 Å². The van der Waals surface area contributed by atoms with Gasteiger partial charge in [-0.1, -0.05) is 30.6 Å². The predicted octanol–water partition coefficient (Wildman–Crippen LogP) is 4.48. The number of nitrogens with one attached hydrogen (secondary N) is 1. The summed E-state index contributed by atoms with van der Waals surface area (Å²) in [7, 11) is 0. The Bertz CT molecular complexity index is 1610. The summed E-state index contributed by atoms with van der Waals surface area (Å²) in [6.07, 6.45) is 0.833. The van der Waals surface area contributed by atoms with Crippen molar-refractivity contribution in [2.45, 2.75) is 55.4 Å². The van der Waals surface area contributed by atoms with Crippen molar-refractivity contribution in [1.29, 1.82) is 0 Å². The summed E-state index contributed by atoms with van der Waals surface area (Å²) in [5, 5.41) is 22.8. The van der Waals surface area contributed by atoms with Crippen LogP contribution in [0.2, 0.25) is 10.0 Å². The first kappa shape index (κ1) is 39.3. The van der Waals surface area contributed by atoms with Crippen LogP contribution in [0.15, 0.2) is 51.4 Å². The van der Waals surface area contributed by atoms with Gasteiger partial charge in [0.1, 0.15) is 30.2 Å². The second-order valence-corrected chi connectivity index (χ2v) is 16.0. The van der Waals surface area contributed by atoms with E-state index in [0.717, 1.165) is 35.8 Å². The van der Waals surface area contributed by atoms with Crippen molar-refractivity contribution in [3.63, 3.8) is 0 Å². The maximum Gasteiger partial charge on any atom is 0.359 e. The number of hydrogen-bond donors (Lipinski definition) is 3. The number of ether oxygens (including phenoxy) is 1. The number of carbonyl (C=O) groups is 4. The Hall–Kier alpha value is -2.46. The number of rotatable bonds is 14. The number of halogens is 2. The van der Waals surface area contributed by atoms with Gasteiger partial charge in [0.05, 0.1) is 37.0 Å². The SMILES string of the molecule is C.Cc1cc(SCC2=C(C(=O)O)N3C(=O)C(NC(=O)CSc4cc(Cl)ccc4Cl)C3SC2)cc(C)[n+]1CCC[N+]1(CC(=O)O)CCOCC1. The van der Waals surface area contributed by atoms with Crippen LogP contribution in [0.3, 0.4) is 0 Å². The molecule has 2 atom stereocenters. The number of morpholine rings is 1. The number of benzene rings is 1. The van der Waals surface area contributed by atoms with Crippen LogP contribution < -0.4 is 9.88 Å². The van der Waals surface area contributed by atoms with Gasteiger partial charge in [-0.3, -0.25) is 14.5 Å². The summed E-state index contributed by atoms with van der Waals surface area (Å²) in [5.74, 6) is -1.89. The lowest BCUT2D eigenvalue weighted by molar-refractivity contribution is -0.930. The number of quaternary nitrogens is 1. The molecular weight excluding hydrogens is 731 g/mol. The second-order valence-electron chi connectivity index (χ2n) is 12.0. The third-order valence-corrected chi connectivity index (χ3v) is 12.8. The molecule has 3 N–H and O–H groups in total. The van der Waals surface area contributed by atoms with Crippen molar-refractivity contribution in [3.05, 3.63) is 63.0 Å². The predicted molar refractivity (Wildman–Crippen MR) is 193 cm³/mol. The van der Waals surface area contributed by atoms with Crippen LogP contribution in [-0.2, 0) is 30.5 Å². The van der Waals surface area contributed by atoms with E-state index < -0.39 is 29.3 Å².